The van der Waals surface area contributed by atoms with Crippen molar-refractivity contribution in [1.82, 2.24) is 0 Å². The van der Waals surface area contributed by atoms with E-state index < -0.39 is 0 Å². The Balaban J connectivity index is 2.10. The molecule has 1 N–H and O–H groups in total. The molecule has 0 aromatic heterocycles. The van der Waals surface area contributed by atoms with Crippen LogP contribution in [0.1, 0.15) is 5.56 Å². The van der Waals surface area contributed by atoms with E-state index in [0.717, 1.165) is 20.7 Å². The van der Waals surface area contributed by atoms with Gasteiger partial charge in [0.2, 0.25) is 0 Å². The van der Waals surface area contributed by atoms with Crippen molar-refractivity contribution in [3.05, 3.63) is 51.5 Å². The van der Waals surface area contributed by atoms with Gasteiger partial charge < -0.3 is 14.8 Å². The van der Waals surface area contributed by atoms with Gasteiger partial charge in [0.05, 0.1) is 14.2 Å². The zero-order chi connectivity index (χ0) is 14.5. The van der Waals surface area contributed by atoms with E-state index in [0.29, 0.717) is 18.0 Å². The Morgan fingerprint density at radius 3 is 2.45 bits per heavy atom. The normalized spacial score (nSPS) is 10.2. The van der Waals surface area contributed by atoms with Gasteiger partial charge in [-0.1, -0.05) is 33.6 Å². The van der Waals surface area contributed by atoms with Crippen LogP contribution in [0.5, 0.6) is 11.5 Å². The summed E-state index contributed by atoms with van der Waals surface area (Å²) >= 11 is 9.58. The maximum Gasteiger partial charge on any atom is 0.162 e. The summed E-state index contributed by atoms with van der Waals surface area (Å²) in [7, 11) is 3.24. The first-order valence-corrected chi connectivity index (χ1v) is 7.21. The van der Waals surface area contributed by atoms with Crippen molar-refractivity contribution >= 4 is 33.2 Å². The van der Waals surface area contributed by atoms with E-state index >= 15 is 0 Å². The van der Waals surface area contributed by atoms with Crippen molar-refractivity contribution in [2.24, 2.45) is 0 Å². The molecule has 0 radical (unpaired) electrons. The number of rotatable bonds is 5. The largest absolute Gasteiger partial charge is 0.493 e. The van der Waals surface area contributed by atoms with E-state index in [1.54, 1.807) is 14.2 Å². The molecule has 0 saturated heterocycles. The molecule has 2 aromatic rings. The monoisotopic (exact) mass is 355 g/mol. The topological polar surface area (TPSA) is 30.5 Å². The Hall–Kier alpha value is -1.39. The SMILES string of the molecule is COc1ccc(NCc2ccc(Br)cc2Cl)cc1OC. The van der Waals surface area contributed by atoms with E-state index in [-0.39, 0.29) is 0 Å². The highest BCUT2D eigenvalue weighted by atomic mass is 79.9. The number of hydrogen-bond donors (Lipinski definition) is 1. The number of halogens is 2. The minimum atomic E-state index is 0.640. The average molecular weight is 357 g/mol. The van der Waals surface area contributed by atoms with Gasteiger partial charge in [-0.05, 0) is 29.8 Å². The second-order valence-corrected chi connectivity index (χ2v) is 5.48. The van der Waals surface area contributed by atoms with Crippen LogP contribution in [0.25, 0.3) is 0 Å². The van der Waals surface area contributed by atoms with E-state index in [1.165, 1.54) is 0 Å². The van der Waals surface area contributed by atoms with Gasteiger partial charge >= 0.3 is 0 Å². The summed E-state index contributed by atoms with van der Waals surface area (Å²) in [6, 6.07) is 11.5. The molecule has 2 aromatic carbocycles. The summed E-state index contributed by atoms with van der Waals surface area (Å²) in [6.07, 6.45) is 0. The fourth-order valence-corrected chi connectivity index (χ4v) is 2.55. The van der Waals surface area contributed by atoms with Crippen LogP contribution >= 0.6 is 27.5 Å². The van der Waals surface area contributed by atoms with Crippen molar-refractivity contribution in [3.8, 4) is 11.5 Å². The quantitative estimate of drug-likeness (QED) is 0.840. The van der Waals surface area contributed by atoms with Gasteiger partial charge in [-0.25, -0.2) is 0 Å². The van der Waals surface area contributed by atoms with Crippen LogP contribution in [0, 0.1) is 0 Å². The molecule has 0 heterocycles. The number of methoxy groups -OCH3 is 2. The number of hydrogen-bond acceptors (Lipinski definition) is 3. The smallest absolute Gasteiger partial charge is 0.162 e. The molecule has 2 rings (SSSR count). The minimum Gasteiger partial charge on any atom is -0.493 e. The lowest BCUT2D eigenvalue weighted by atomic mass is 10.2. The standard InChI is InChI=1S/C15H15BrClNO2/c1-19-14-6-5-12(8-15(14)20-2)18-9-10-3-4-11(16)7-13(10)17/h3-8,18H,9H2,1-2H3. The van der Waals surface area contributed by atoms with Crippen LogP contribution in [0.2, 0.25) is 5.02 Å². The molecule has 0 fully saturated rings. The van der Waals surface area contributed by atoms with Gasteiger partial charge in [-0.3, -0.25) is 0 Å². The predicted octanol–water partition coefficient (Wildman–Crippen LogP) is 4.73. The Morgan fingerprint density at radius 1 is 1.05 bits per heavy atom. The number of ether oxygens (including phenoxy) is 2. The fourth-order valence-electron chi connectivity index (χ4n) is 1.81. The van der Waals surface area contributed by atoms with Crippen LogP contribution in [-0.2, 0) is 6.54 Å². The Bertz CT molecular complexity index is 604. The zero-order valence-corrected chi connectivity index (χ0v) is 13.6. The van der Waals surface area contributed by atoms with Gasteiger partial charge in [0, 0.05) is 27.8 Å². The molecule has 5 heteroatoms. The van der Waals surface area contributed by atoms with Crippen LogP contribution in [0.15, 0.2) is 40.9 Å². The molecule has 0 aliphatic heterocycles. The molecule has 0 bridgehead atoms. The van der Waals surface area contributed by atoms with Crippen LogP contribution in [0.3, 0.4) is 0 Å². The third-order valence-corrected chi connectivity index (χ3v) is 3.73. The van der Waals surface area contributed by atoms with Crippen molar-refractivity contribution < 1.29 is 9.47 Å². The molecule has 20 heavy (non-hydrogen) atoms. The van der Waals surface area contributed by atoms with Gasteiger partial charge in [-0.15, -0.1) is 0 Å². The van der Waals surface area contributed by atoms with Crippen molar-refractivity contribution in [2.75, 3.05) is 19.5 Å². The van der Waals surface area contributed by atoms with Crippen LogP contribution in [-0.4, -0.2) is 14.2 Å². The van der Waals surface area contributed by atoms with Crippen molar-refractivity contribution in [2.45, 2.75) is 6.54 Å². The molecule has 106 valence electrons. The number of nitrogens with one attached hydrogen (secondary N) is 1. The number of benzene rings is 2. The molecule has 0 aliphatic carbocycles. The first-order chi connectivity index (χ1) is 9.63. The highest BCUT2D eigenvalue weighted by Gasteiger charge is 2.05. The van der Waals surface area contributed by atoms with Gasteiger partial charge in [0.25, 0.3) is 0 Å². The maximum atomic E-state index is 6.19. The molecular weight excluding hydrogens is 342 g/mol. The predicted molar refractivity (Wildman–Crippen MR) is 86.0 cm³/mol. The lowest BCUT2D eigenvalue weighted by Crippen LogP contribution is -2.01. The molecule has 0 atom stereocenters. The summed E-state index contributed by atoms with van der Waals surface area (Å²) in [6.45, 7) is 0.640. The Labute approximate surface area is 132 Å². The summed E-state index contributed by atoms with van der Waals surface area (Å²) in [5.41, 5.74) is 1.98. The molecule has 0 saturated carbocycles. The third-order valence-electron chi connectivity index (χ3n) is 2.88. The highest BCUT2D eigenvalue weighted by Crippen LogP contribution is 2.30. The molecule has 0 aliphatic rings. The molecular formula is C15H15BrClNO2. The second-order valence-electron chi connectivity index (χ2n) is 4.16. The molecule has 0 spiro atoms. The van der Waals surface area contributed by atoms with Gasteiger partial charge in [-0.2, -0.15) is 0 Å². The number of anilines is 1. The van der Waals surface area contributed by atoms with Crippen LogP contribution in [0.4, 0.5) is 5.69 Å². The fraction of sp³-hybridized carbons (Fsp3) is 0.200. The van der Waals surface area contributed by atoms with E-state index in [9.17, 15) is 0 Å². The van der Waals surface area contributed by atoms with E-state index in [4.69, 9.17) is 21.1 Å². The summed E-state index contributed by atoms with van der Waals surface area (Å²) in [5.74, 6) is 1.40. The van der Waals surface area contributed by atoms with E-state index in [1.807, 2.05) is 36.4 Å². The van der Waals surface area contributed by atoms with E-state index in [2.05, 4.69) is 21.2 Å². The van der Waals surface area contributed by atoms with Gasteiger partial charge in [0.15, 0.2) is 11.5 Å². The second kappa shape index (κ2) is 6.86. The Kier molecular flexibility index (Phi) is 5.15. The first-order valence-electron chi connectivity index (χ1n) is 6.04. The Morgan fingerprint density at radius 2 is 1.80 bits per heavy atom. The third kappa shape index (κ3) is 3.58. The average Bonchev–Trinajstić information content (AvgIpc) is 2.46. The maximum absolute atomic E-state index is 6.19. The lowest BCUT2D eigenvalue weighted by Gasteiger charge is -2.12. The summed E-state index contributed by atoms with van der Waals surface area (Å²) < 4.78 is 11.4. The van der Waals surface area contributed by atoms with Crippen LogP contribution < -0.4 is 14.8 Å². The molecule has 0 unspecified atom stereocenters. The lowest BCUT2D eigenvalue weighted by molar-refractivity contribution is 0.355. The minimum absolute atomic E-state index is 0.640. The van der Waals surface area contributed by atoms with Crippen molar-refractivity contribution in [1.29, 1.82) is 0 Å². The first kappa shape index (κ1) is 15.0. The highest BCUT2D eigenvalue weighted by molar-refractivity contribution is 9.10. The zero-order valence-electron chi connectivity index (χ0n) is 11.2. The molecule has 0 amide bonds. The molecule has 3 nitrogen and oxygen atoms in total. The summed E-state index contributed by atoms with van der Waals surface area (Å²) in [4.78, 5) is 0. The van der Waals surface area contributed by atoms with Gasteiger partial charge in [0.1, 0.15) is 0 Å². The summed E-state index contributed by atoms with van der Waals surface area (Å²) in [5, 5.41) is 4.04. The van der Waals surface area contributed by atoms with Crippen molar-refractivity contribution in [3.63, 3.8) is 0 Å².